The van der Waals surface area contributed by atoms with Crippen molar-refractivity contribution in [2.24, 2.45) is 5.92 Å². The smallest absolute Gasteiger partial charge is 0.123 e. The zero-order chi connectivity index (χ0) is 14.5. The summed E-state index contributed by atoms with van der Waals surface area (Å²) in [6, 6.07) is 6.46. The van der Waals surface area contributed by atoms with Crippen molar-refractivity contribution in [1.82, 2.24) is 10.2 Å². The zero-order valence-corrected chi connectivity index (χ0v) is 13.0. The molecule has 20 heavy (non-hydrogen) atoms. The second kappa shape index (κ2) is 6.95. The van der Waals surface area contributed by atoms with Crippen LogP contribution in [0.4, 0.5) is 0 Å². The van der Waals surface area contributed by atoms with Crippen molar-refractivity contribution in [3.8, 4) is 11.5 Å². The highest BCUT2D eigenvalue weighted by molar-refractivity contribution is 5.42. The van der Waals surface area contributed by atoms with Gasteiger partial charge in [0, 0.05) is 11.6 Å². The van der Waals surface area contributed by atoms with E-state index in [1.54, 1.807) is 14.2 Å². The molecule has 0 aromatic heterocycles. The Morgan fingerprint density at radius 3 is 2.75 bits per heavy atom. The van der Waals surface area contributed by atoms with Crippen molar-refractivity contribution in [2.45, 2.75) is 18.9 Å². The first kappa shape index (κ1) is 15.1. The number of nitrogens with one attached hydrogen (secondary N) is 1. The molecule has 1 aromatic rings. The Labute approximate surface area is 122 Å². The molecule has 0 spiro atoms. The SMILES string of the molecule is CNCC1CCCN(C)C1c1cc(OC)ccc1OC. The van der Waals surface area contributed by atoms with E-state index in [1.165, 1.54) is 18.4 Å². The molecule has 0 amide bonds. The van der Waals surface area contributed by atoms with Gasteiger partial charge >= 0.3 is 0 Å². The van der Waals surface area contributed by atoms with Crippen LogP contribution in [0.25, 0.3) is 0 Å². The van der Waals surface area contributed by atoms with E-state index in [1.807, 2.05) is 19.2 Å². The molecular formula is C16H26N2O2. The maximum absolute atomic E-state index is 5.57. The molecule has 0 bridgehead atoms. The monoisotopic (exact) mass is 278 g/mol. The van der Waals surface area contributed by atoms with Crippen molar-refractivity contribution < 1.29 is 9.47 Å². The Kier molecular flexibility index (Phi) is 5.26. The highest BCUT2D eigenvalue weighted by atomic mass is 16.5. The molecule has 0 saturated carbocycles. The fraction of sp³-hybridized carbons (Fsp3) is 0.625. The van der Waals surface area contributed by atoms with E-state index in [4.69, 9.17) is 9.47 Å². The second-order valence-electron chi connectivity index (χ2n) is 5.49. The van der Waals surface area contributed by atoms with Gasteiger partial charge in [-0.1, -0.05) is 0 Å². The Hall–Kier alpha value is -1.26. The highest BCUT2D eigenvalue weighted by Gasteiger charge is 2.32. The molecule has 1 heterocycles. The van der Waals surface area contributed by atoms with Crippen LogP contribution in [0, 0.1) is 5.92 Å². The van der Waals surface area contributed by atoms with E-state index in [0.29, 0.717) is 12.0 Å². The molecule has 2 atom stereocenters. The van der Waals surface area contributed by atoms with Gasteiger partial charge < -0.3 is 14.8 Å². The first-order valence-corrected chi connectivity index (χ1v) is 7.28. The molecule has 0 aliphatic carbocycles. The lowest BCUT2D eigenvalue weighted by Crippen LogP contribution is -2.40. The predicted octanol–water partition coefficient (Wildman–Crippen LogP) is 2.31. The van der Waals surface area contributed by atoms with Gasteiger partial charge in [-0.25, -0.2) is 0 Å². The van der Waals surface area contributed by atoms with Gasteiger partial charge in [0.05, 0.1) is 14.2 Å². The molecule has 4 nitrogen and oxygen atoms in total. The summed E-state index contributed by atoms with van der Waals surface area (Å²) in [7, 11) is 7.67. The van der Waals surface area contributed by atoms with Crippen LogP contribution in [0.3, 0.4) is 0 Å². The van der Waals surface area contributed by atoms with Crippen LogP contribution in [0.15, 0.2) is 18.2 Å². The summed E-state index contributed by atoms with van der Waals surface area (Å²) in [4.78, 5) is 2.43. The zero-order valence-electron chi connectivity index (χ0n) is 13.0. The quantitative estimate of drug-likeness (QED) is 0.896. The Morgan fingerprint density at radius 1 is 1.30 bits per heavy atom. The summed E-state index contributed by atoms with van der Waals surface area (Å²) in [5.74, 6) is 2.44. The number of ether oxygens (including phenoxy) is 2. The van der Waals surface area contributed by atoms with Crippen LogP contribution in [0.1, 0.15) is 24.4 Å². The second-order valence-corrected chi connectivity index (χ2v) is 5.49. The molecule has 2 unspecified atom stereocenters. The minimum Gasteiger partial charge on any atom is -0.497 e. The Bertz CT molecular complexity index is 434. The van der Waals surface area contributed by atoms with E-state index in [9.17, 15) is 0 Å². The number of hydrogen-bond donors (Lipinski definition) is 1. The van der Waals surface area contributed by atoms with Crippen molar-refractivity contribution in [3.63, 3.8) is 0 Å². The van der Waals surface area contributed by atoms with Crippen molar-refractivity contribution in [2.75, 3.05) is 41.4 Å². The van der Waals surface area contributed by atoms with Gasteiger partial charge in [0.1, 0.15) is 11.5 Å². The molecular weight excluding hydrogens is 252 g/mol. The molecule has 1 N–H and O–H groups in total. The Balaban J connectivity index is 2.38. The van der Waals surface area contributed by atoms with Gasteiger partial charge in [0.2, 0.25) is 0 Å². The van der Waals surface area contributed by atoms with Gasteiger partial charge in [-0.3, -0.25) is 4.90 Å². The van der Waals surface area contributed by atoms with E-state index < -0.39 is 0 Å². The molecule has 0 radical (unpaired) electrons. The Morgan fingerprint density at radius 2 is 2.10 bits per heavy atom. The molecule has 1 aliphatic rings. The predicted molar refractivity (Wildman–Crippen MR) is 81.6 cm³/mol. The van der Waals surface area contributed by atoms with E-state index >= 15 is 0 Å². The number of benzene rings is 1. The van der Waals surface area contributed by atoms with E-state index in [-0.39, 0.29) is 0 Å². The lowest BCUT2D eigenvalue weighted by atomic mass is 9.84. The van der Waals surface area contributed by atoms with Gasteiger partial charge in [0.15, 0.2) is 0 Å². The lowest BCUT2D eigenvalue weighted by Gasteiger charge is -2.40. The summed E-state index contributed by atoms with van der Waals surface area (Å²) in [6.45, 7) is 2.15. The van der Waals surface area contributed by atoms with Gasteiger partial charge in [-0.05, 0) is 64.1 Å². The third-order valence-electron chi connectivity index (χ3n) is 4.23. The number of nitrogens with zero attached hydrogens (tertiary/aromatic N) is 1. The molecule has 1 fully saturated rings. The van der Waals surface area contributed by atoms with Crippen LogP contribution < -0.4 is 14.8 Å². The maximum Gasteiger partial charge on any atom is 0.123 e. The fourth-order valence-electron chi connectivity index (χ4n) is 3.30. The van der Waals surface area contributed by atoms with Gasteiger partial charge in [-0.15, -0.1) is 0 Å². The topological polar surface area (TPSA) is 33.7 Å². The first-order chi connectivity index (χ1) is 9.71. The normalized spacial score (nSPS) is 23.6. The third kappa shape index (κ3) is 3.07. The molecule has 1 saturated heterocycles. The summed E-state index contributed by atoms with van der Waals surface area (Å²) in [5.41, 5.74) is 1.23. The largest absolute Gasteiger partial charge is 0.497 e. The van der Waals surface area contributed by atoms with Crippen molar-refractivity contribution in [3.05, 3.63) is 23.8 Å². The third-order valence-corrected chi connectivity index (χ3v) is 4.23. The minimum absolute atomic E-state index is 0.376. The van der Waals surface area contributed by atoms with Crippen LogP contribution in [0.2, 0.25) is 0 Å². The van der Waals surface area contributed by atoms with Crippen LogP contribution in [0.5, 0.6) is 11.5 Å². The summed E-state index contributed by atoms with van der Waals surface area (Å²) >= 11 is 0. The number of piperidine rings is 1. The average Bonchev–Trinajstić information content (AvgIpc) is 2.47. The van der Waals surface area contributed by atoms with Crippen molar-refractivity contribution >= 4 is 0 Å². The van der Waals surface area contributed by atoms with Gasteiger partial charge in [-0.2, -0.15) is 0 Å². The van der Waals surface area contributed by atoms with E-state index in [0.717, 1.165) is 24.6 Å². The molecule has 1 aromatic carbocycles. The molecule has 2 rings (SSSR count). The highest BCUT2D eigenvalue weighted by Crippen LogP contribution is 2.40. The fourth-order valence-corrected chi connectivity index (χ4v) is 3.30. The summed E-state index contributed by atoms with van der Waals surface area (Å²) < 4.78 is 11.0. The van der Waals surface area contributed by atoms with Crippen molar-refractivity contribution in [1.29, 1.82) is 0 Å². The number of methoxy groups -OCH3 is 2. The molecule has 4 heteroatoms. The average molecular weight is 278 g/mol. The van der Waals surface area contributed by atoms with E-state index in [2.05, 4.69) is 23.3 Å². The number of rotatable bonds is 5. The van der Waals surface area contributed by atoms with Gasteiger partial charge in [0.25, 0.3) is 0 Å². The minimum atomic E-state index is 0.376. The number of hydrogen-bond acceptors (Lipinski definition) is 4. The maximum atomic E-state index is 5.57. The standard InChI is InChI=1S/C16H26N2O2/c1-17-11-12-6-5-9-18(2)16(12)14-10-13(19-3)7-8-15(14)20-4/h7-8,10,12,16-17H,5-6,9,11H2,1-4H3. The molecule has 112 valence electrons. The summed E-state index contributed by atoms with van der Waals surface area (Å²) in [6.07, 6.45) is 2.50. The summed E-state index contributed by atoms with van der Waals surface area (Å²) in [5, 5.41) is 3.33. The van der Waals surface area contributed by atoms with Crippen LogP contribution in [-0.2, 0) is 0 Å². The van der Waals surface area contributed by atoms with Crippen LogP contribution >= 0.6 is 0 Å². The number of likely N-dealkylation sites (tertiary alicyclic amines) is 1. The molecule has 1 aliphatic heterocycles. The van der Waals surface area contributed by atoms with Crippen LogP contribution in [-0.4, -0.2) is 46.3 Å². The first-order valence-electron chi connectivity index (χ1n) is 7.28. The lowest BCUT2D eigenvalue weighted by molar-refractivity contribution is 0.118.